The molecule has 1 atom stereocenters. The van der Waals surface area contributed by atoms with Crippen LogP contribution in [-0.4, -0.2) is 19.4 Å². The minimum atomic E-state index is -0.470. The Labute approximate surface area is 99.1 Å². The zero-order valence-corrected chi connectivity index (χ0v) is 9.69. The number of ether oxygens (including phenoxy) is 1. The molecule has 2 amide bonds. The first-order valence-corrected chi connectivity index (χ1v) is 5.02. The van der Waals surface area contributed by atoms with Crippen LogP contribution >= 0.6 is 0 Å². The number of hydrazine groups is 1. The smallest absolute Gasteiger partial charge is 0.225 e. The highest BCUT2D eigenvalue weighted by molar-refractivity contribution is 5.82. The maximum Gasteiger partial charge on any atom is 0.225 e. The molecule has 0 fully saturated rings. The molecule has 0 aliphatic carbocycles. The van der Waals surface area contributed by atoms with Crippen LogP contribution in [0.15, 0.2) is 18.2 Å². The Bertz CT molecular complexity index is 420. The monoisotopic (exact) mass is 237 g/mol. The predicted molar refractivity (Wildman–Crippen MR) is 63.4 cm³/mol. The van der Waals surface area contributed by atoms with E-state index in [4.69, 9.17) is 10.5 Å². The number of nitrogens with two attached hydrogens (primary N) is 1. The maximum absolute atomic E-state index is 11.2. The molecule has 4 N–H and O–H groups in total. The van der Waals surface area contributed by atoms with Gasteiger partial charge in [-0.1, -0.05) is 0 Å². The van der Waals surface area contributed by atoms with Crippen molar-refractivity contribution < 1.29 is 14.3 Å². The second-order valence-electron chi connectivity index (χ2n) is 3.47. The third kappa shape index (κ3) is 3.10. The van der Waals surface area contributed by atoms with E-state index in [1.807, 2.05) is 0 Å². The van der Waals surface area contributed by atoms with Crippen LogP contribution < -0.4 is 21.3 Å². The molecule has 0 bridgehead atoms. The van der Waals surface area contributed by atoms with Crippen LogP contribution in [0.5, 0.6) is 5.75 Å². The summed E-state index contributed by atoms with van der Waals surface area (Å²) in [6, 6.07) is 5.11. The number of benzene rings is 1. The fourth-order valence-corrected chi connectivity index (χ4v) is 1.42. The molecule has 92 valence electrons. The van der Waals surface area contributed by atoms with Gasteiger partial charge in [-0.05, 0) is 25.1 Å². The predicted octanol–water partition coefficient (Wildman–Crippen LogP) is 0.357. The highest BCUT2D eigenvalue weighted by Crippen LogP contribution is 2.29. The Morgan fingerprint density at radius 1 is 1.53 bits per heavy atom. The summed E-state index contributed by atoms with van der Waals surface area (Å²) in [6.07, 6.45) is 0.515. The summed E-state index contributed by atoms with van der Waals surface area (Å²) in [5.74, 6) is -0.334. The summed E-state index contributed by atoms with van der Waals surface area (Å²) in [5, 5.41) is 0. The van der Waals surface area contributed by atoms with Gasteiger partial charge < -0.3 is 10.5 Å². The van der Waals surface area contributed by atoms with Crippen molar-refractivity contribution in [2.45, 2.75) is 12.8 Å². The normalized spacial score (nSPS) is 11.4. The number of hydrogen-bond acceptors (Lipinski definition) is 4. The lowest BCUT2D eigenvalue weighted by Crippen LogP contribution is -2.21. The average Bonchev–Trinajstić information content (AvgIpc) is 2.34. The number of amides is 2. The molecular weight excluding hydrogens is 222 g/mol. The summed E-state index contributed by atoms with van der Waals surface area (Å²) >= 11 is 0. The van der Waals surface area contributed by atoms with Crippen molar-refractivity contribution in [3.05, 3.63) is 23.8 Å². The summed E-state index contributed by atoms with van der Waals surface area (Å²) in [4.78, 5) is 21.3. The van der Waals surface area contributed by atoms with Gasteiger partial charge >= 0.3 is 0 Å². The van der Waals surface area contributed by atoms with Gasteiger partial charge in [0.2, 0.25) is 12.3 Å². The van der Waals surface area contributed by atoms with Gasteiger partial charge in [-0.25, -0.2) is 0 Å². The standard InChI is InChI=1S/C11H15N3O3/c1-7(11(12)16)9-5-8(14-13-6-15)3-4-10(9)17-2/h3-7,14H,1-2H3,(H2,12,16)(H,13,15). The molecule has 6 heteroatoms. The van der Waals surface area contributed by atoms with Crippen molar-refractivity contribution in [1.29, 1.82) is 0 Å². The van der Waals surface area contributed by atoms with Crippen molar-refractivity contribution in [1.82, 2.24) is 5.43 Å². The van der Waals surface area contributed by atoms with Gasteiger partial charge in [0, 0.05) is 5.56 Å². The van der Waals surface area contributed by atoms with Crippen LogP contribution in [0.3, 0.4) is 0 Å². The number of primary amides is 1. The number of methoxy groups -OCH3 is 1. The Kier molecular flexibility index (Phi) is 4.33. The van der Waals surface area contributed by atoms with E-state index in [0.717, 1.165) is 0 Å². The van der Waals surface area contributed by atoms with Gasteiger partial charge in [0.15, 0.2) is 0 Å². The van der Waals surface area contributed by atoms with E-state index in [-0.39, 0.29) is 0 Å². The van der Waals surface area contributed by atoms with Crippen molar-refractivity contribution in [2.75, 3.05) is 12.5 Å². The fraction of sp³-hybridized carbons (Fsp3) is 0.273. The molecule has 6 nitrogen and oxygen atoms in total. The zero-order chi connectivity index (χ0) is 12.8. The molecule has 0 aromatic heterocycles. The van der Waals surface area contributed by atoms with Crippen LogP contribution in [0.1, 0.15) is 18.4 Å². The van der Waals surface area contributed by atoms with Crippen LogP contribution in [0.4, 0.5) is 5.69 Å². The lowest BCUT2D eigenvalue weighted by Gasteiger charge is -2.14. The lowest BCUT2D eigenvalue weighted by atomic mass is 9.99. The minimum absolute atomic E-state index is 0.441. The minimum Gasteiger partial charge on any atom is -0.496 e. The first-order valence-electron chi connectivity index (χ1n) is 5.02. The lowest BCUT2D eigenvalue weighted by molar-refractivity contribution is -0.119. The van der Waals surface area contributed by atoms with Gasteiger partial charge in [0.1, 0.15) is 5.75 Å². The molecule has 0 saturated carbocycles. The average molecular weight is 237 g/mol. The van der Waals surface area contributed by atoms with Crippen molar-refractivity contribution in [3.63, 3.8) is 0 Å². The van der Waals surface area contributed by atoms with Gasteiger partial charge in [-0.15, -0.1) is 0 Å². The third-order valence-corrected chi connectivity index (χ3v) is 2.40. The summed E-state index contributed by atoms with van der Waals surface area (Å²) in [5.41, 5.74) is 11.5. The van der Waals surface area contributed by atoms with Crippen molar-refractivity contribution in [2.24, 2.45) is 5.73 Å². The van der Waals surface area contributed by atoms with Crippen molar-refractivity contribution in [3.8, 4) is 5.75 Å². The number of carbonyl (C=O) groups excluding carboxylic acids is 2. The van der Waals surface area contributed by atoms with E-state index < -0.39 is 11.8 Å². The van der Waals surface area contributed by atoms with Gasteiger partial charge in [-0.3, -0.25) is 20.4 Å². The third-order valence-electron chi connectivity index (χ3n) is 2.40. The first-order chi connectivity index (χ1) is 8.10. The van der Waals surface area contributed by atoms with Gasteiger partial charge in [-0.2, -0.15) is 0 Å². The van der Waals surface area contributed by atoms with Crippen LogP contribution in [0.25, 0.3) is 0 Å². The molecule has 0 aliphatic rings. The van der Waals surface area contributed by atoms with E-state index in [9.17, 15) is 9.59 Å². The molecule has 0 spiro atoms. The second-order valence-corrected chi connectivity index (χ2v) is 3.47. The first kappa shape index (κ1) is 12.8. The molecule has 1 rings (SSSR count). The van der Waals surface area contributed by atoms with E-state index in [0.29, 0.717) is 23.4 Å². The summed E-state index contributed by atoms with van der Waals surface area (Å²) < 4.78 is 5.15. The largest absolute Gasteiger partial charge is 0.496 e. The second kappa shape index (κ2) is 5.74. The Morgan fingerprint density at radius 2 is 2.24 bits per heavy atom. The molecule has 17 heavy (non-hydrogen) atoms. The topological polar surface area (TPSA) is 93.4 Å². The number of nitrogens with one attached hydrogen (secondary N) is 2. The van der Waals surface area contributed by atoms with Crippen LogP contribution in [0, 0.1) is 0 Å². The quantitative estimate of drug-likeness (QED) is 0.492. The number of hydrogen-bond donors (Lipinski definition) is 3. The number of rotatable bonds is 6. The van der Waals surface area contributed by atoms with Crippen LogP contribution in [-0.2, 0) is 9.59 Å². The summed E-state index contributed by atoms with van der Waals surface area (Å²) in [6.45, 7) is 1.69. The van der Waals surface area contributed by atoms with Gasteiger partial charge in [0.05, 0.1) is 18.7 Å². The molecule has 0 saturated heterocycles. The number of anilines is 1. The molecule has 0 heterocycles. The van der Waals surface area contributed by atoms with Gasteiger partial charge in [0.25, 0.3) is 0 Å². The van der Waals surface area contributed by atoms with E-state index in [1.54, 1.807) is 25.1 Å². The molecule has 1 unspecified atom stereocenters. The SMILES string of the molecule is COc1ccc(NNC=O)cc1C(C)C(N)=O. The molecule has 0 radical (unpaired) electrons. The van der Waals surface area contributed by atoms with Crippen molar-refractivity contribution >= 4 is 18.0 Å². The molecule has 1 aromatic rings. The highest BCUT2D eigenvalue weighted by atomic mass is 16.5. The highest BCUT2D eigenvalue weighted by Gasteiger charge is 2.16. The molecule has 0 aliphatic heterocycles. The van der Waals surface area contributed by atoms with E-state index in [1.165, 1.54) is 7.11 Å². The maximum atomic E-state index is 11.2. The Morgan fingerprint density at radius 3 is 2.76 bits per heavy atom. The summed E-state index contributed by atoms with van der Waals surface area (Å²) in [7, 11) is 1.52. The van der Waals surface area contributed by atoms with E-state index in [2.05, 4.69) is 10.9 Å². The van der Waals surface area contributed by atoms with Crippen LogP contribution in [0.2, 0.25) is 0 Å². The zero-order valence-electron chi connectivity index (χ0n) is 9.69. The fourth-order valence-electron chi connectivity index (χ4n) is 1.42. The number of carbonyl (C=O) groups is 2. The van der Waals surface area contributed by atoms with E-state index >= 15 is 0 Å². The Balaban J connectivity index is 3.05. The molecular formula is C11H15N3O3. The Hall–Kier alpha value is -2.24. The molecule has 1 aromatic carbocycles.